The van der Waals surface area contributed by atoms with Crippen molar-refractivity contribution in [1.29, 1.82) is 0 Å². The first-order valence-electron chi connectivity index (χ1n) is 7.01. The number of amides is 1. The standard InChI is InChI=1S/C15H18N4O4/c1-2-22-12(20)8-23-10-5-3-9(4-6-10)7-11-18-13(15(17)21)14(16)19-11/h3-6H,2,7-8,16H2,1H3,(H2,17,21)(H,18,19). The first-order chi connectivity index (χ1) is 11.0. The average Bonchev–Trinajstić information content (AvgIpc) is 2.88. The second-order valence-electron chi connectivity index (χ2n) is 4.72. The molecule has 0 spiro atoms. The predicted molar refractivity (Wildman–Crippen MR) is 82.9 cm³/mol. The number of esters is 1. The van der Waals surface area contributed by atoms with Crippen LogP contribution in [0, 0.1) is 0 Å². The Kier molecular flexibility index (Phi) is 5.19. The van der Waals surface area contributed by atoms with E-state index in [1.165, 1.54) is 0 Å². The first kappa shape index (κ1) is 16.3. The van der Waals surface area contributed by atoms with Gasteiger partial charge in [0.05, 0.1) is 6.61 Å². The van der Waals surface area contributed by atoms with Crippen LogP contribution in [0.2, 0.25) is 0 Å². The maximum Gasteiger partial charge on any atom is 0.344 e. The molecule has 0 atom stereocenters. The van der Waals surface area contributed by atoms with E-state index in [0.29, 0.717) is 24.6 Å². The molecule has 1 amide bonds. The molecule has 122 valence electrons. The van der Waals surface area contributed by atoms with Gasteiger partial charge in [0.25, 0.3) is 5.91 Å². The molecule has 0 saturated heterocycles. The first-order valence-corrected chi connectivity index (χ1v) is 7.01. The van der Waals surface area contributed by atoms with Gasteiger partial charge in [-0.25, -0.2) is 9.78 Å². The number of hydrogen-bond donors (Lipinski definition) is 3. The van der Waals surface area contributed by atoms with Crippen LogP contribution < -0.4 is 16.2 Å². The van der Waals surface area contributed by atoms with Gasteiger partial charge in [0.15, 0.2) is 12.3 Å². The Morgan fingerprint density at radius 3 is 2.52 bits per heavy atom. The van der Waals surface area contributed by atoms with Gasteiger partial charge in [-0.2, -0.15) is 0 Å². The van der Waals surface area contributed by atoms with Gasteiger partial charge in [-0.1, -0.05) is 12.1 Å². The summed E-state index contributed by atoms with van der Waals surface area (Å²) in [5.41, 5.74) is 11.8. The second kappa shape index (κ2) is 7.30. The largest absolute Gasteiger partial charge is 0.482 e. The fourth-order valence-corrected chi connectivity index (χ4v) is 1.95. The van der Waals surface area contributed by atoms with Crippen molar-refractivity contribution in [2.45, 2.75) is 13.3 Å². The fourth-order valence-electron chi connectivity index (χ4n) is 1.95. The van der Waals surface area contributed by atoms with Crippen LogP contribution in [0.15, 0.2) is 24.3 Å². The summed E-state index contributed by atoms with van der Waals surface area (Å²) in [6, 6.07) is 7.11. The topological polar surface area (TPSA) is 133 Å². The van der Waals surface area contributed by atoms with Crippen molar-refractivity contribution in [2.24, 2.45) is 5.73 Å². The van der Waals surface area contributed by atoms with E-state index in [1.54, 1.807) is 19.1 Å². The number of ether oxygens (including phenoxy) is 2. The molecule has 1 aromatic carbocycles. The van der Waals surface area contributed by atoms with Crippen molar-refractivity contribution < 1.29 is 19.1 Å². The summed E-state index contributed by atoms with van der Waals surface area (Å²) in [4.78, 5) is 29.2. The molecule has 0 unspecified atom stereocenters. The van der Waals surface area contributed by atoms with Gasteiger partial charge in [-0.05, 0) is 24.6 Å². The van der Waals surface area contributed by atoms with E-state index in [0.717, 1.165) is 5.56 Å². The number of hydrogen-bond acceptors (Lipinski definition) is 6. The highest BCUT2D eigenvalue weighted by molar-refractivity contribution is 5.95. The average molecular weight is 318 g/mol. The number of aromatic amines is 1. The second-order valence-corrected chi connectivity index (χ2v) is 4.72. The summed E-state index contributed by atoms with van der Waals surface area (Å²) in [5, 5.41) is 0. The van der Waals surface area contributed by atoms with Crippen molar-refractivity contribution >= 4 is 17.7 Å². The molecule has 0 radical (unpaired) electrons. The minimum atomic E-state index is -0.673. The van der Waals surface area contributed by atoms with Crippen LogP contribution in [0.3, 0.4) is 0 Å². The van der Waals surface area contributed by atoms with E-state index in [1.807, 2.05) is 12.1 Å². The van der Waals surface area contributed by atoms with Gasteiger partial charge >= 0.3 is 5.97 Å². The number of anilines is 1. The summed E-state index contributed by atoms with van der Waals surface area (Å²) in [5.74, 6) is 0.159. The third-order valence-corrected chi connectivity index (χ3v) is 2.97. The van der Waals surface area contributed by atoms with Crippen LogP contribution >= 0.6 is 0 Å². The minimum absolute atomic E-state index is 0.0365. The van der Waals surface area contributed by atoms with Crippen molar-refractivity contribution in [3.05, 3.63) is 41.3 Å². The Labute approximate surface area is 132 Å². The molecular formula is C15H18N4O4. The van der Waals surface area contributed by atoms with Gasteiger partial charge < -0.3 is 25.9 Å². The van der Waals surface area contributed by atoms with Gasteiger partial charge in [0.1, 0.15) is 17.4 Å². The number of imidazole rings is 1. The van der Waals surface area contributed by atoms with Crippen LogP contribution in [-0.4, -0.2) is 35.1 Å². The van der Waals surface area contributed by atoms with E-state index >= 15 is 0 Å². The lowest BCUT2D eigenvalue weighted by Gasteiger charge is -2.06. The molecule has 0 aliphatic heterocycles. The van der Waals surface area contributed by atoms with Crippen LogP contribution in [0.1, 0.15) is 28.8 Å². The molecule has 5 N–H and O–H groups in total. The normalized spacial score (nSPS) is 10.3. The molecule has 0 bridgehead atoms. The lowest BCUT2D eigenvalue weighted by Crippen LogP contribution is -2.14. The number of carbonyl (C=O) groups is 2. The van der Waals surface area contributed by atoms with Crippen molar-refractivity contribution in [3.63, 3.8) is 0 Å². The Hall–Kier alpha value is -3.03. The number of nitrogens with two attached hydrogens (primary N) is 2. The number of nitrogens with zero attached hydrogens (tertiary/aromatic N) is 1. The summed E-state index contributed by atoms with van der Waals surface area (Å²) >= 11 is 0. The summed E-state index contributed by atoms with van der Waals surface area (Å²) < 4.78 is 10.1. The molecule has 0 aliphatic rings. The molecule has 1 aromatic heterocycles. The fraction of sp³-hybridized carbons (Fsp3) is 0.267. The van der Waals surface area contributed by atoms with E-state index in [-0.39, 0.29) is 18.1 Å². The number of nitrogens with one attached hydrogen (secondary N) is 1. The van der Waals surface area contributed by atoms with Gasteiger partial charge in [0.2, 0.25) is 0 Å². The lowest BCUT2D eigenvalue weighted by atomic mass is 10.1. The SMILES string of the molecule is CCOC(=O)COc1ccc(Cc2nc(C(N)=O)c(N)[nH]2)cc1. The van der Waals surface area contributed by atoms with Gasteiger partial charge in [-0.3, -0.25) is 4.79 Å². The van der Waals surface area contributed by atoms with Gasteiger partial charge in [0, 0.05) is 6.42 Å². The number of carbonyl (C=O) groups excluding carboxylic acids is 2. The lowest BCUT2D eigenvalue weighted by molar-refractivity contribution is -0.145. The Morgan fingerprint density at radius 1 is 1.26 bits per heavy atom. The zero-order valence-electron chi connectivity index (χ0n) is 12.7. The predicted octanol–water partition coefficient (Wildman–Crippen LogP) is 0.624. The molecule has 0 fully saturated rings. The molecule has 1 heterocycles. The van der Waals surface area contributed by atoms with Gasteiger partial charge in [-0.15, -0.1) is 0 Å². The number of primary amides is 1. The van der Waals surface area contributed by atoms with E-state index in [4.69, 9.17) is 20.9 Å². The Balaban J connectivity index is 1.96. The summed E-state index contributed by atoms with van der Waals surface area (Å²) in [6.45, 7) is 1.92. The smallest absolute Gasteiger partial charge is 0.344 e. The molecular weight excluding hydrogens is 300 g/mol. The highest BCUT2D eigenvalue weighted by atomic mass is 16.6. The zero-order chi connectivity index (χ0) is 16.8. The number of benzene rings is 1. The maximum atomic E-state index is 11.2. The van der Waals surface area contributed by atoms with Crippen LogP contribution in [0.25, 0.3) is 0 Å². The quantitative estimate of drug-likeness (QED) is 0.641. The zero-order valence-corrected chi connectivity index (χ0v) is 12.7. The molecule has 2 rings (SSSR count). The third-order valence-electron chi connectivity index (χ3n) is 2.97. The Bertz CT molecular complexity index is 694. The molecule has 8 heteroatoms. The number of aromatic nitrogens is 2. The number of rotatable bonds is 7. The minimum Gasteiger partial charge on any atom is -0.482 e. The number of nitrogen functional groups attached to an aromatic ring is 1. The third kappa shape index (κ3) is 4.47. The molecule has 2 aromatic rings. The molecule has 23 heavy (non-hydrogen) atoms. The van der Waals surface area contributed by atoms with E-state index in [9.17, 15) is 9.59 Å². The molecule has 0 saturated carbocycles. The Morgan fingerprint density at radius 2 is 1.96 bits per heavy atom. The highest BCUT2D eigenvalue weighted by Gasteiger charge is 2.12. The number of H-pyrrole nitrogens is 1. The van der Waals surface area contributed by atoms with Crippen molar-refractivity contribution in [1.82, 2.24) is 9.97 Å². The van der Waals surface area contributed by atoms with Crippen LogP contribution in [-0.2, 0) is 16.0 Å². The van der Waals surface area contributed by atoms with Crippen LogP contribution in [0.5, 0.6) is 5.75 Å². The molecule has 8 nitrogen and oxygen atoms in total. The maximum absolute atomic E-state index is 11.2. The van der Waals surface area contributed by atoms with Crippen LogP contribution in [0.4, 0.5) is 5.82 Å². The monoisotopic (exact) mass is 318 g/mol. The highest BCUT2D eigenvalue weighted by Crippen LogP contribution is 2.16. The summed E-state index contributed by atoms with van der Waals surface area (Å²) in [7, 11) is 0. The van der Waals surface area contributed by atoms with E-state index in [2.05, 4.69) is 9.97 Å². The van der Waals surface area contributed by atoms with E-state index < -0.39 is 11.9 Å². The molecule has 0 aliphatic carbocycles. The van der Waals surface area contributed by atoms with Crippen molar-refractivity contribution in [3.8, 4) is 5.75 Å². The van der Waals surface area contributed by atoms with Crippen molar-refractivity contribution in [2.75, 3.05) is 18.9 Å². The summed E-state index contributed by atoms with van der Waals surface area (Å²) in [6.07, 6.45) is 0.454.